The standard InChI is InChI=1S/C25H22F4N2O/c26-12-14-31-13-11-18-15-21(10-7-19(18)16-31)30-24(32)23-4-2-1-3-22(23)17-5-8-20(9-6-17)25(27,28)29/h1-10,15H,11-14,16H2,(H,30,32). The number of hydrogen-bond acceptors (Lipinski definition) is 2. The molecule has 0 aromatic heterocycles. The Kier molecular flexibility index (Phi) is 6.28. The third-order valence-electron chi connectivity index (χ3n) is 5.65. The third kappa shape index (κ3) is 4.83. The van der Waals surface area contributed by atoms with E-state index in [4.69, 9.17) is 0 Å². The number of fused-ring (bicyclic) bond motifs is 1. The van der Waals surface area contributed by atoms with Gasteiger partial charge >= 0.3 is 6.18 Å². The summed E-state index contributed by atoms with van der Waals surface area (Å²) in [6.07, 6.45) is -3.63. The number of rotatable bonds is 5. The van der Waals surface area contributed by atoms with Crippen LogP contribution in [0.25, 0.3) is 11.1 Å². The zero-order valence-corrected chi connectivity index (χ0v) is 17.3. The molecule has 0 aliphatic carbocycles. The number of hydrogen-bond donors (Lipinski definition) is 1. The molecule has 0 saturated heterocycles. The number of amides is 1. The molecule has 32 heavy (non-hydrogen) atoms. The molecule has 1 N–H and O–H groups in total. The smallest absolute Gasteiger partial charge is 0.322 e. The van der Waals surface area contributed by atoms with Gasteiger partial charge in [0.25, 0.3) is 5.91 Å². The van der Waals surface area contributed by atoms with E-state index in [0.717, 1.165) is 36.2 Å². The van der Waals surface area contributed by atoms with Gasteiger partial charge in [-0.2, -0.15) is 13.2 Å². The van der Waals surface area contributed by atoms with Crippen LogP contribution in [0.5, 0.6) is 0 Å². The Morgan fingerprint density at radius 1 is 0.969 bits per heavy atom. The molecule has 7 heteroatoms. The molecular weight excluding hydrogens is 420 g/mol. The van der Waals surface area contributed by atoms with Crippen molar-refractivity contribution in [1.29, 1.82) is 0 Å². The molecule has 3 aromatic rings. The lowest BCUT2D eigenvalue weighted by Gasteiger charge is -2.28. The molecule has 166 valence electrons. The number of nitrogens with zero attached hydrogens (tertiary/aromatic N) is 1. The number of alkyl halides is 4. The van der Waals surface area contributed by atoms with E-state index in [9.17, 15) is 22.4 Å². The van der Waals surface area contributed by atoms with Crippen molar-refractivity contribution in [1.82, 2.24) is 4.90 Å². The zero-order chi connectivity index (χ0) is 22.7. The van der Waals surface area contributed by atoms with Gasteiger partial charge in [0, 0.05) is 30.9 Å². The van der Waals surface area contributed by atoms with Gasteiger partial charge in [-0.25, -0.2) is 4.39 Å². The van der Waals surface area contributed by atoms with Crippen LogP contribution in [0.3, 0.4) is 0 Å². The summed E-state index contributed by atoms with van der Waals surface area (Å²) in [5.41, 5.74) is 3.61. The van der Waals surface area contributed by atoms with Crippen LogP contribution < -0.4 is 5.32 Å². The molecule has 1 amide bonds. The fraction of sp³-hybridized carbons (Fsp3) is 0.240. The van der Waals surface area contributed by atoms with Crippen LogP contribution >= 0.6 is 0 Å². The Labute approximate surface area is 183 Å². The van der Waals surface area contributed by atoms with Crippen LogP contribution in [0.2, 0.25) is 0 Å². The molecule has 0 saturated carbocycles. The van der Waals surface area contributed by atoms with E-state index in [-0.39, 0.29) is 12.6 Å². The van der Waals surface area contributed by atoms with Crippen molar-refractivity contribution in [2.75, 3.05) is 25.1 Å². The summed E-state index contributed by atoms with van der Waals surface area (Å²) < 4.78 is 51.2. The van der Waals surface area contributed by atoms with E-state index in [1.54, 1.807) is 24.3 Å². The summed E-state index contributed by atoms with van der Waals surface area (Å²) in [4.78, 5) is 15.1. The predicted molar refractivity (Wildman–Crippen MR) is 116 cm³/mol. The highest BCUT2D eigenvalue weighted by atomic mass is 19.4. The first-order chi connectivity index (χ1) is 15.3. The van der Waals surface area contributed by atoms with Crippen LogP contribution in [-0.4, -0.2) is 30.6 Å². The molecule has 1 heterocycles. The molecule has 0 unspecified atom stereocenters. The third-order valence-corrected chi connectivity index (χ3v) is 5.65. The second-order valence-corrected chi connectivity index (χ2v) is 7.77. The second-order valence-electron chi connectivity index (χ2n) is 7.77. The molecule has 0 bridgehead atoms. The highest BCUT2D eigenvalue weighted by Crippen LogP contribution is 2.32. The number of carbonyl (C=O) groups is 1. The Bertz CT molecular complexity index is 1110. The van der Waals surface area contributed by atoms with Crippen LogP contribution in [0, 0.1) is 0 Å². The summed E-state index contributed by atoms with van der Waals surface area (Å²) in [5.74, 6) is -0.338. The van der Waals surface area contributed by atoms with Gasteiger partial charge in [0.05, 0.1) is 5.56 Å². The summed E-state index contributed by atoms with van der Waals surface area (Å²) in [5, 5.41) is 2.90. The molecule has 3 aromatic carbocycles. The summed E-state index contributed by atoms with van der Waals surface area (Å²) in [6, 6.07) is 17.3. The molecule has 0 spiro atoms. The quantitative estimate of drug-likeness (QED) is 0.495. The minimum absolute atomic E-state index is 0.338. The fourth-order valence-corrected chi connectivity index (χ4v) is 3.97. The lowest BCUT2D eigenvalue weighted by molar-refractivity contribution is -0.137. The summed E-state index contributed by atoms with van der Waals surface area (Å²) in [6.45, 7) is 1.50. The second kappa shape index (κ2) is 9.12. The van der Waals surface area contributed by atoms with Gasteiger partial charge in [0.2, 0.25) is 0 Å². The van der Waals surface area contributed by atoms with Crippen LogP contribution in [0.4, 0.5) is 23.2 Å². The average molecular weight is 442 g/mol. The van der Waals surface area contributed by atoms with E-state index in [2.05, 4.69) is 10.2 Å². The summed E-state index contributed by atoms with van der Waals surface area (Å²) in [7, 11) is 0. The minimum Gasteiger partial charge on any atom is -0.322 e. The number of carbonyl (C=O) groups excluding carboxylic acids is 1. The van der Waals surface area contributed by atoms with Crippen molar-refractivity contribution in [3.05, 3.63) is 89.0 Å². The van der Waals surface area contributed by atoms with Crippen LogP contribution in [-0.2, 0) is 19.1 Å². The fourth-order valence-electron chi connectivity index (χ4n) is 3.97. The Balaban J connectivity index is 1.54. The van der Waals surface area contributed by atoms with Gasteiger partial charge in [0.15, 0.2) is 0 Å². The Morgan fingerprint density at radius 2 is 1.72 bits per heavy atom. The van der Waals surface area contributed by atoms with E-state index in [1.165, 1.54) is 12.1 Å². The molecule has 4 rings (SSSR count). The van der Waals surface area contributed by atoms with E-state index >= 15 is 0 Å². The Hall–Kier alpha value is -3.19. The van der Waals surface area contributed by atoms with E-state index in [1.807, 2.05) is 18.2 Å². The maximum Gasteiger partial charge on any atom is 0.416 e. The van der Waals surface area contributed by atoms with Crippen LogP contribution in [0.1, 0.15) is 27.0 Å². The highest BCUT2D eigenvalue weighted by molar-refractivity contribution is 6.08. The van der Waals surface area contributed by atoms with Crippen molar-refractivity contribution >= 4 is 11.6 Å². The van der Waals surface area contributed by atoms with Gasteiger partial charge in [-0.3, -0.25) is 9.69 Å². The Morgan fingerprint density at radius 3 is 2.44 bits per heavy atom. The number of halogens is 4. The number of anilines is 1. The molecule has 0 atom stereocenters. The van der Waals surface area contributed by atoms with Gasteiger partial charge in [-0.1, -0.05) is 36.4 Å². The normalized spacial score (nSPS) is 14.1. The maximum atomic E-state index is 13.0. The van der Waals surface area contributed by atoms with Gasteiger partial charge in [0.1, 0.15) is 6.67 Å². The first-order valence-electron chi connectivity index (χ1n) is 10.3. The number of nitrogens with one attached hydrogen (secondary N) is 1. The summed E-state index contributed by atoms with van der Waals surface area (Å²) >= 11 is 0. The minimum atomic E-state index is -4.41. The lowest BCUT2D eigenvalue weighted by Crippen LogP contribution is -2.32. The number of benzene rings is 3. The maximum absolute atomic E-state index is 13.0. The monoisotopic (exact) mass is 442 g/mol. The largest absolute Gasteiger partial charge is 0.416 e. The van der Waals surface area contributed by atoms with Crippen molar-refractivity contribution < 1.29 is 22.4 Å². The van der Waals surface area contributed by atoms with Crippen LogP contribution in [0.15, 0.2) is 66.7 Å². The average Bonchev–Trinajstić information content (AvgIpc) is 2.79. The SMILES string of the molecule is O=C(Nc1ccc2c(c1)CCN(CCF)C2)c1ccccc1-c1ccc(C(F)(F)F)cc1. The van der Waals surface area contributed by atoms with E-state index in [0.29, 0.717) is 35.5 Å². The molecule has 1 aliphatic heterocycles. The topological polar surface area (TPSA) is 32.3 Å². The molecule has 3 nitrogen and oxygen atoms in total. The van der Waals surface area contributed by atoms with Crippen molar-refractivity contribution in [3.8, 4) is 11.1 Å². The molecule has 0 fully saturated rings. The van der Waals surface area contributed by atoms with E-state index < -0.39 is 11.7 Å². The zero-order valence-electron chi connectivity index (χ0n) is 17.3. The van der Waals surface area contributed by atoms with Crippen molar-refractivity contribution in [3.63, 3.8) is 0 Å². The first-order valence-corrected chi connectivity index (χ1v) is 10.3. The molecule has 0 radical (unpaired) electrons. The first kappa shape index (κ1) is 22.0. The molecular formula is C25H22F4N2O. The predicted octanol–water partition coefficient (Wildman–Crippen LogP) is 5.95. The van der Waals surface area contributed by atoms with Gasteiger partial charge in [-0.15, -0.1) is 0 Å². The van der Waals surface area contributed by atoms with Crippen molar-refractivity contribution in [2.24, 2.45) is 0 Å². The lowest BCUT2D eigenvalue weighted by atomic mass is 9.97. The van der Waals surface area contributed by atoms with Gasteiger partial charge < -0.3 is 5.32 Å². The van der Waals surface area contributed by atoms with Crippen molar-refractivity contribution in [2.45, 2.75) is 19.1 Å². The highest BCUT2D eigenvalue weighted by Gasteiger charge is 2.30. The van der Waals surface area contributed by atoms with Gasteiger partial charge in [-0.05, 0) is 59.0 Å². The molecule has 1 aliphatic rings.